The van der Waals surface area contributed by atoms with E-state index in [0.29, 0.717) is 5.92 Å². The molecule has 1 heteroatoms. The SMILES string of the molecule is CC/C(C)=C/CC(C)CN. The van der Waals surface area contributed by atoms with Crippen LogP contribution in [0.5, 0.6) is 0 Å². The van der Waals surface area contributed by atoms with Crippen molar-refractivity contribution in [2.45, 2.75) is 33.6 Å². The predicted octanol–water partition coefficient (Wildman–Crippen LogP) is 2.33. The highest BCUT2D eigenvalue weighted by Gasteiger charge is 1.94. The van der Waals surface area contributed by atoms with Gasteiger partial charge in [-0.2, -0.15) is 0 Å². The first-order valence-corrected chi connectivity index (χ1v) is 4.06. The van der Waals surface area contributed by atoms with Crippen LogP contribution in [0.15, 0.2) is 11.6 Å². The molecule has 60 valence electrons. The lowest BCUT2D eigenvalue weighted by Crippen LogP contribution is -2.09. The van der Waals surface area contributed by atoms with E-state index in [9.17, 15) is 0 Å². The van der Waals surface area contributed by atoms with Gasteiger partial charge in [0.25, 0.3) is 0 Å². The molecular formula is C9H19N. The van der Waals surface area contributed by atoms with E-state index in [4.69, 9.17) is 5.73 Å². The lowest BCUT2D eigenvalue weighted by molar-refractivity contribution is 0.603. The van der Waals surface area contributed by atoms with Gasteiger partial charge in [-0.3, -0.25) is 0 Å². The van der Waals surface area contributed by atoms with Crippen LogP contribution in [0.3, 0.4) is 0 Å². The Bertz CT molecular complexity index is 105. The van der Waals surface area contributed by atoms with Gasteiger partial charge in [-0.15, -0.1) is 0 Å². The van der Waals surface area contributed by atoms with Gasteiger partial charge >= 0.3 is 0 Å². The molecule has 1 atom stereocenters. The molecule has 2 N–H and O–H groups in total. The van der Waals surface area contributed by atoms with Crippen molar-refractivity contribution in [1.29, 1.82) is 0 Å². The lowest BCUT2D eigenvalue weighted by Gasteiger charge is -2.03. The largest absolute Gasteiger partial charge is 0.330 e. The van der Waals surface area contributed by atoms with Crippen LogP contribution in [0.1, 0.15) is 33.6 Å². The summed E-state index contributed by atoms with van der Waals surface area (Å²) in [6.07, 6.45) is 4.59. The normalized spacial score (nSPS) is 15.4. The van der Waals surface area contributed by atoms with E-state index in [0.717, 1.165) is 19.4 Å². The van der Waals surface area contributed by atoms with Gasteiger partial charge in [0.15, 0.2) is 0 Å². The Hall–Kier alpha value is -0.300. The molecule has 0 aromatic rings. The first-order valence-electron chi connectivity index (χ1n) is 4.06. The van der Waals surface area contributed by atoms with Crippen molar-refractivity contribution in [1.82, 2.24) is 0 Å². The van der Waals surface area contributed by atoms with Crippen molar-refractivity contribution in [2.75, 3.05) is 6.54 Å². The van der Waals surface area contributed by atoms with Crippen LogP contribution in [-0.4, -0.2) is 6.54 Å². The third kappa shape index (κ3) is 4.57. The fourth-order valence-electron chi connectivity index (χ4n) is 0.643. The summed E-state index contributed by atoms with van der Waals surface area (Å²) in [5.41, 5.74) is 6.94. The van der Waals surface area contributed by atoms with Gasteiger partial charge in [-0.25, -0.2) is 0 Å². The highest BCUT2D eigenvalue weighted by atomic mass is 14.5. The number of hydrogen-bond acceptors (Lipinski definition) is 1. The summed E-state index contributed by atoms with van der Waals surface area (Å²) in [7, 11) is 0. The zero-order chi connectivity index (χ0) is 7.98. The molecule has 0 radical (unpaired) electrons. The van der Waals surface area contributed by atoms with Gasteiger partial charge in [0.1, 0.15) is 0 Å². The quantitative estimate of drug-likeness (QED) is 0.597. The molecule has 0 heterocycles. The fourth-order valence-corrected chi connectivity index (χ4v) is 0.643. The highest BCUT2D eigenvalue weighted by Crippen LogP contribution is 2.05. The van der Waals surface area contributed by atoms with Crippen LogP contribution >= 0.6 is 0 Å². The molecule has 0 saturated carbocycles. The Labute approximate surface area is 64.3 Å². The molecule has 0 aliphatic heterocycles. The summed E-state index contributed by atoms with van der Waals surface area (Å²) in [6, 6.07) is 0. The smallest absolute Gasteiger partial charge is 0.00485 e. The summed E-state index contributed by atoms with van der Waals surface area (Å²) < 4.78 is 0. The zero-order valence-electron chi connectivity index (χ0n) is 7.35. The van der Waals surface area contributed by atoms with Crippen molar-refractivity contribution >= 4 is 0 Å². The summed E-state index contributed by atoms with van der Waals surface area (Å²) in [5, 5.41) is 0. The number of hydrogen-bond donors (Lipinski definition) is 1. The van der Waals surface area contributed by atoms with Crippen LogP contribution in [0.4, 0.5) is 0 Å². The van der Waals surface area contributed by atoms with Crippen LogP contribution in [0.2, 0.25) is 0 Å². The Kier molecular flexibility index (Phi) is 5.32. The van der Waals surface area contributed by atoms with E-state index in [2.05, 4.69) is 26.8 Å². The fraction of sp³-hybridized carbons (Fsp3) is 0.778. The van der Waals surface area contributed by atoms with Crippen molar-refractivity contribution < 1.29 is 0 Å². The second kappa shape index (κ2) is 5.48. The van der Waals surface area contributed by atoms with Crippen molar-refractivity contribution in [3.05, 3.63) is 11.6 Å². The van der Waals surface area contributed by atoms with Gasteiger partial charge in [0.2, 0.25) is 0 Å². The van der Waals surface area contributed by atoms with E-state index in [1.807, 2.05) is 0 Å². The number of allylic oxidation sites excluding steroid dienone is 2. The first-order chi connectivity index (χ1) is 4.70. The maximum atomic E-state index is 5.47. The minimum Gasteiger partial charge on any atom is -0.330 e. The average Bonchev–Trinajstić information content (AvgIpc) is 1.99. The first kappa shape index (κ1) is 9.70. The molecule has 0 amide bonds. The summed E-state index contributed by atoms with van der Waals surface area (Å²) >= 11 is 0. The second-order valence-corrected chi connectivity index (χ2v) is 2.98. The summed E-state index contributed by atoms with van der Waals surface area (Å²) in [4.78, 5) is 0. The van der Waals surface area contributed by atoms with E-state index in [-0.39, 0.29) is 0 Å². The molecule has 1 nitrogen and oxygen atoms in total. The zero-order valence-corrected chi connectivity index (χ0v) is 7.35. The van der Waals surface area contributed by atoms with Gasteiger partial charge in [0.05, 0.1) is 0 Å². The van der Waals surface area contributed by atoms with Crippen molar-refractivity contribution in [2.24, 2.45) is 11.7 Å². The van der Waals surface area contributed by atoms with E-state index in [1.54, 1.807) is 0 Å². The maximum Gasteiger partial charge on any atom is -0.00485 e. The highest BCUT2D eigenvalue weighted by molar-refractivity contribution is 4.97. The molecule has 0 rings (SSSR count). The molecule has 0 aliphatic carbocycles. The molecule has 0 fully saturated rings. The van der Waals surface area contributed by atoms with Crippen LogP contribution < -0.4 is 5.73 Å². The summed E-state index contributed by atoms with van der Waals surface area (Å²) in [5.74, 6) is 0.640. The molecule has 10 heavy (non-hydrogen) atoms. The molecule has 0 spiro atoms. The minimum absolute atomic E-state index is 0.640. The molecule has 1 unspecified atom stereocenters. The second-order valence-electron chi connectivity index (χ2n) is 2.98. The van der Waals surface area contributed by atoms with Crippen LogP contribution in [-0.2, 0) is 0 Å². The van der Waals surface area contributed by atoms with Crippen molar-refractivity contribution in [3.63, 3.8) is 0 Å². The third-order valence-corrected chi connectivity index (χ3v) is 1.83. The molecule has 0 aromatic carbocycles. The standard InChI is InChI=1S/C9H19N/c1-4-8(2)5-6-9(3)7-10/h5,9H,4,6-7,10H2,1-3H3/b8-5+. The van der Waals surface area contributed by atoms with Crippen LogP contribution in [0.25, 0.3) is 0 Å². The summed E-state index contributed by atoms with van der Waals surface area (Å²) in [6.45, 7) is 7.33. The van der Waals surface area contributed by atoms with E-state index < -0.39 is 0 Å². The van der Waals surface area contributed by atoms with Gasteiger partial charge in [0, 0.05) is 0 Å². The lowest BCUT2D eigenvalue weighted by atomic mass is 10.1. The Morgan fingerprint density at radius 1 is 1.60 bits per heavy atom. The van der Waals surface area contributed by atoms with Gasteiger partial charge < -0.3 is 5.73 Å². The maximum absolute atomic E-state index is 5.47. The Morgan fingerprint density at radius 2 is 2.20 bits per heavy atom. The van der Waals surface area contributed by atoms with E-state index >= 15 is 0 Å². The third-order valence-electron chi connectivity index (χ3n) is 1.83. The molecule has 0 bridgehead atoms. The predicted molar refractivity (Wildman–Crippen MR) is 46.9 cm³/mol. The van der Waals surface area contributed by atoms with Gasteiger partial charge in [-0.05, 0) is 32.2 Å². The molecule has 0 saturated heterocycles. The monoisotopic (exact) mass is 141 g/mol. The molecular weight excluding hydrogens is 122 g/mol. The van der Waals surface area contributed by atoms with E-state index in [1.165, 1.54) is 5.57 Å². The number of rotatable bonds is 4. The topological polar surface area (TPSA) is 26.0 Å². The molecule has 0 aliphatic rings. The minimum atomic E-state index is 0.640. The van der Waals surface area contributed by atoms with Crippen molar-refractivity contribution in [3.8, 4) is 0 Å². The van der Waals surface area contributed by atoms with Crippen LogP contribution in [0, 0.1) is 5.92 Å². The average molecular weight is 141 g/mol. The molecule has 0 aromatic heterocycles. The van der Waals surface area contributed by atoms with Gasteiger partial charge in [-0.1, -0.05) is 25.5 Å². The Balaban J connectivity index is 3.50. The Morgan fingerprint density at radius 3 is 2.60 bits per heavy atom. The number of nitrogens with two attached hydrogens (primary N) is 1.